The summed E-state index contributed by atoms with van der Waals surface area (Å²) in [5.74, 6) is -1.01. The van der Waals surface area contributed by atoms with Crippen LogP contribution in [0.15, 0.2) is 36.4 Å². The first-order valence-corrected chi connectivity index (χ1v) is 12.0. The van der Waals surface area contributed by atoms with Crippen molar-refractivity contribution < 1.29 is 33.8 Å². The molecule has 2 aromatic carbocycles. The fourth-order valence-corrected chi connectivity index (χ4v) is 4.11. The molecule has 0 fully saturated rings. The van der Waals surface area contributed by atoms with Crippen molar-refractivity contribution >= 4 is 39.5 Å². The van der Waals surface area contributed by atoms with Crippen LogP contribution in [0.3, 0.4) is 0 Å². The first-order valence-electron chi connectivity index (χ1n) is 11.0. The van der Waals surface area contributed by atoms with Crippen molar-refractivity contribution in [2.45, 2.75) is 39.7 Å². The van der Waals surface area contributed by atoms with Gasteiger partial charge in [0.25, 0.3) is 5.09 Å². The van der Waals surface area contributed by atoms with Crippen LogP contribution >= 0.6 is 11.8 Å². The highest BCUT2D eigenvalue weighted by Crippen LogP contribution is 2.27. The Morgan fingerprint density at radius 1 is 1.14 bits per heavy atom. The van der Waals surface area contributed by atoms with E-state index >= 15 is 0 Å². The van der Waals surface area contributed by atoms with E-state index in [-0.39, 0.29) is 12.4 Å². The molecule has 2 rings (SSSR count). The van der Waals surface area contributed by atoms with Crippen molar-refractivity contribution in [3.63, 3.8) is 0 Å². The van der Waals surface area contributed by atoms with Gasteiger partial charge >= 0.3 is 5.97 Å². The summed E-state index contributed by atoms with van der Waals surface area (Å²) in [6.45, 7) is 6.05. The summed E-state index contributed by atoms with van der Waals surface area (Å²) < 4.78 is 10.3. The number of hydrogen-bond acceptors (Lipinski definition) is 9. The molecule has 0 aliphatic rings. The van der Waals surface area contributed by atoms with Gasteiger partial charge in [-0.15, -0.1) is 10.1 Å². The van der Waals surface area contributed by atoms with Crippen LogP contribution in [0.1, 0.15) is 39.2 Å². The van der Waals surface area contributed by atoms with Crippen LogP contribution < -0.4 is 10.1 Å². The molecule has 1 N–H and O–H groups in total. The number of fused-ring (bicyclic) bond motifs is 1. The third-order valence-corrected chi connectivity index (χ3v) is 6.63. The second-order valence-corrected chi connectivity index (χ2v) is 9.48. The Bertz CT molecular complexity index is 1090. The Balaban J connectivity index is 2.11. The van der Waals surface area contributed by atoms with Crippen LogP contribution in [-0.2, 0) is 24.0 Å². The Morgan fingerprint density at radius 2 is 1.80 bits per heavy atom. The van der Waals surface area contributed by atoms with Gasteiger partial charge in [-0.3, -0.25) is 9.59 Å². The number of hydrogen-bond donors (Lipinski definition) is 1. The quantitative estimate of drug-likeness (QED) is 0.261. The highest BCUT2D eigenvalue weighted by molar-refractivity contribution is 8.13. The smallest absolute Gasteiger partial charge is 0.329 e. The van der Waals surface area contributed by atoms with Crippen LogP contribution in [0, 0.1) is 15.5 Å². The molecule has 11 heteroatoms. The van der Waals surface area contributed by atoms with Crippen LogP contribution in [0.5, 0.6) is 5.75 Å². The standard InChI is InChI=1S/C24H30N2O8S/c1-6-33-22(28)20(13-35-23(29)24(3,4)14-34-26(30)31)25-21(27)15(2)16-7-8-18-12-19(32-5)10-9-17(18)11-16/h7-12,15,20H,6,13-14H2,1-5H3,(H,25,27). The Morgan fingerprint density at radius 3 is 2.43 bits per heavy atom. The number of esters is 1. The van der Waals surface area contributed by atoms with Gasteiger partial charge in [0.15, 0.2) is 5.12 Å². The first-order chi connectivity index (χ1) is 16.5. The molecular formula is C24H30N2O8S. The van der Waals surface area contributed by atoms with Gasteiger partial charge in [-0.1, -0.05) is 49.9 Å². The van der Waals surface area contributed by atoms with Crippen molar-refractivity contribution in [3.05, 3.63) is 52.1 Å². The third-order valence-electron chi connectivity index (χ3n) is 5.32. The number of thioether (sulfide) groups is 1. The molecule has 0 radical (unpaired) electrons. The number of carbonyl (C=O) groups is 3. The van der Waals surface area contributed by atoms with E-state index in [0.29, 0.717) is 0 Å². The van der Waals surface area contributed by atoms with E-state index in [9.17, 15) is 24.5 Å². The predicted octanol–water partition coefficient (Wildman–Crippen LogP) is 3.49. The molecule has 2 atom stereocenters. The number of carbonyl (C=O) groups excluding carboxylic acids is 3. The number of ether oxygens (including phenoxy) is 2. The zero-order valence-corrected chi connectivity index (χ0v) is 21.2. The molecule has 0 aromatic heterocycles. The summed E-state index contributed by atoms with van der Waals surface area (Å²) in [6.07, 6.45) is 0. The monoisotopic (exact) mass is 506 g/mol. The van der Waals surface area contributed by atoms with Crippen LogP contribution in [0.25, 0.3) is 10.8 Å². The van der Waals surface area contributed by atoms with Crippen LogP contribution in [-0.4, -0.2) is 54.2 Å². The fraction of sp³-hybridized carbons (Fsp3) is 0.458. The molecule has 0 heterocycles. The van der Waals surface area contributed by atoms with Gasteiger partial charge in [-0.05, 0) is 42.3 Å². The molecule has 0 bridgehead atoms. The first kappa shape index (κ1) is 27.9. The molecular weight excluding hydrogens is 476 g/mol. The molecule has 0 saturated heterocycles. The summed E-state index contributed by atoms with van der Waals surface area (Å²) >= 11 is 0.783. The second-order valence-electron chi connectivity index (χ2n) is 8.49. The minimum absolute atomic E-state index is 0.0878. The topological polar surface area (TPSA) is 134 Å². The van der Waals surface area contributed by atoms with Crippen molar-refractivity contribution in [2.24, 2.45) is 5.41 Å². The van der Waals surface area contributed by atoms with E-state index in [1.54, 1.807) is 21.0 Å². The molecule has 0 saturated carbocycles. The molecule has 0 spiro atoms. The van der Waals surface area contributed by atoms with Crippen LogP contribution in [0.4, 0.5) is 0 Å². The van der Waals surface area contributed by atoms with Gasteiger partial charge in [-0.25, -0.2) is 4.79 Å². The maximum Gasteiger partial charge on any atom is 0.329 e. The van der Waals surface area contributed by atoms with Gasteiger partial charge in [0.1, 0.15) is 18.4 Å². The molecule has 10 nitrogen and oxygen atoms in total. The lowest BCUT2D eigenvalue weighted by Crippen LogP contribution is -2.45. The van der Waals surface area contributed by atoms with E-state index in [1.165, 1.54) is 13.8 Å². The van der Waals surface area contributed by atoms with Gasteiger partial charge < -0.3 is 19.6 Å². The van der Waals surface area contributed by atoms with E-state index in [1.807, 2.05) is 36.4 Å². The average Bonchev–Trinajstić information content (AvgIpc) is 2.83. The lowest BCUT2D eigenvalue weighted by Gasteiger charge is -2.23. The number of amides is 1. The number of nitrogens with zero attached hydrogens (tertiary/aromatic N) is 1. The SMILES string of the molecule is CCOC(=O)C(CSC(=O)C(C)(C)CO[N+](=O)[O-])NC(=O)C(C)c1ccc2cc(OC)ccc2c1. The Labute approximate surface area is 207 Å². The molecule has 35 heavy (non-hydrogen) atoms. The maximum atomic E-state index is 13.0. The Kier molecular flexibility index (Phi) is 9.88. The van der Waals surface area contributed by atoms with Gasteiger partial charge in [0.05, 0.1) is 25.0 Å². The van der Waals surface area contributed by atoms with Crippen molar-refractivity contribution in [3.8, 4) is 5.75 Å². The zero-order valence-electron chi connectivity index (χ0n) is 20.4. The third kappa shape index (κ3) is 7.84. The van der Waals surface area contributed by atoms with Crippen LogP contribution in [0.2, 0.25) is 0 Å². The van der Waals surface area contributed by atoms with E-state index < -0.39 is 46.1 Å². The molecule has 2 unspecified atom stereocenters. The summed E-state index contributed by atoms with van der Waals surface area (Å²) in [5, 5.41) is 13.6. The largest absolute Gasteiger partial charge is 0.497 e. The number of rotatable bonds is 12. The molecule has 190 valence electrons. The van der Waals surface area contributed by atoms with Crippen molar-refractivity contribution in [1.29, 1.82) is 0 Å². The second kappa shape index (κ2) is 12.4. The molecule has 2 aromatic rings. The molecule has 0 aliphatic carbocycles. The summed E-state index contributed by atoms with van der Waals surface area (Å²) in [5.41, 5.74) is -0.410. The lowest BCUT2D eigenvalue weighted by molar-refractivity contribution is -0.760. The van der Waals surface area contributed by atoms with Gasteiger partial charge in [-0.2, -0.15) is 0 Å². The van der Waals surface area contributed by atoms with E-state index in [0.717, 1.165) is 33.8 Å². The maximum absolute atomic E-state index is 13.0. The number of benzene rings is 2. The highest BCUT2D eigenvalue weighted by atomic mass is 32.2. The lowest BCUT2D eigenvalue weighted by atomic mass is 9.96. The van der Waals surface area contributed by atoms with Crippen molar-refractivity contribution in [1.82, 2.24) is 5.32 Å². The fourth-order valence-electron chi connectivity index (χ4n) is 3.13. The predicted molar refractivity (Wildman–Crippen MR) is 132 cm³/mol. The summed E-state index contributed by atoms with van der Waals surface area (Å²) in [6, 6.07) is 10.2. The van der Waals surface area contributed by atoms with Crippen molar-refractivity contribution in [2.75, 3.05) is 26.1 Å². The zero-order chi connectivity index (χ0) is 26.2. The normalized spacial score (nSPS) is 12.9. The van der Waals surface area contributed by atoms with Gasteiger partial charge in [0.2, 0.25) is 5.91 Å². The number of methoxy groups -OCH3 is 1. The summed E-state index contributed by atoms with van der Waals surface area (Å²) in [4.78, 5) is 52.8. The van der Waals surface area contributed by atoms with Gasteiger partial charge in [0, 0.05) is 5.75 Å². The van der Waals surface area contributed by atoms with E-state index in [4.69, 9.17) is 9.47 Å². The minimum atomic E-state index is -1.16. The van der Waals surface area contributed by atoms with E-state index in [2.05, 4.69) is 10.2 Å². The average molecular weight is 507 g/mol. The number of nitrogens with one attached hydrogen (secondary N) is 1. The summed E-state index contributed by atoms with van der Waals surface area (Å²) in [7, 11) is 1.59. The Hall–Kier alpha value is -3.34. The highest BCUT2D eigenvalue weighted by Gasteiger charge is 2.32. The molecule has 0 aliphatic heterocycles. The minimum Gasteiger partial charge on any atom is -0.497 e. The molecule has 1 amide bonds.